The summed E-state index contributed by atoms with van der Waals surface area (Å²) in [6, 6.07) is 10.4. The zero-order chi connectivity index (χ0) is 23.4. The van der Waals surface area contributed by atoms with Crippen molar-refractivity contribution in [2.24, 2.45) is 0 Å². The SMILES string of the molecule is COCCN1C(=O)C(=O)/C(=C(\O)c2ccc(OC)c(Br)c2)C1c1ccc(OC(C)=O)cc1. The summed E-state index contributed by atoms with van der Waals surface area (Å²) in [4.78, 5) is 38.3. The van der Waals surface area contributed by atoms with Crippen LogP contribution in [-0.4, -0.2) is 55.0 Å². The second-order valence-electron chi connectivity index (χ2n) is 7.00. The molecule has 1 unspecified atom stereocenters. The van der Waals surface area contributed by atoms with Gasteiger partial charge in [-0.05, 0) is 51.8 Å². The highest BCUT2D eigenvalue weighted by atomic mass is 79.9. The van der Waals surface area contributed by atoms with Gasteiger partial charge in [0.1, 0.15) is 17.3 Å². The zero-order valence-electron chi connectivity index (χ0n) is 17.8. The Morgan fingerprint density at radius 3 is 2.38 bits per heavy atom. The number of Topliss-reactive ketones (excluding diaryl/α,β-unsaturated/α-hetero) is 1. The van der Waals surface area contributed by atoms with Gasteiger partial charge in [-0.25, -0.2) is 0 Å². The molecule has 0 spiro atoms. The fourth-order valence-corrected chi connectivity index (χ4v) is 4.04. The van der Waals surface area contributed by atoms with Crippen LogP contribution < -0.4 is 9.47 Å². The first kappa shape index (κ1) is 23.5. The maximum absolute atomic E-state index is 12.9. The number of ketones is 1. The molecule has 2 aromatic rings. The monoisotopic (exact) mass is 503 g/mol. The smallest absolute Gasteiger partial charge is 0.308 e. The van der Waals surface area contributed by atoms with E-state index in [1.54, 1.807) is 42.5 Å². The van der Waals surface area contributed by atoms with Gasteiger partial charge in [-0.15, -0.1) is 0 Å². The fraction of sp³-hybridized carbons (Fsp3) is 0.261. The number of aliphatic hydroxyl groups excluding tert-OH is 1. The van der Waals surface area contributed by atoms with Gasteiger partial charge >= 0.3 is 5.97 Å². The summed E-state index contributed by atoms with van der Waals surface area (Å²) in [6.45, 7) is 1.66. The van der Waals surface area contributed by atoms with Crippen molar-refractivity contribution in [1.82, 2.24) is 4.90 Å². The van der Waals surface area contributed by atoms with Gasteiger partial charge in [-0.2, -0.15) is 0 Å². The van der Waals surface area contributed by atoms with Gasteiger partial charge in [-0.3, -0.25) is 14.4 Å². The van der Waals surface area contributed by atoms with Gasteiger partial charge in [0.15, 0.2) is 0 Å². The van der Waals surface area contributed by atoms with Gasteiger partial charge in [-0.1, -0.05) is 12.1 Å². The topological polar surface area (TPSA) is 102 Å². The lowest BCUT2D eigenvalue weighted by molar-refractivity contribution is -0.140. The largest absolute Gasteiger partial charge is 0.507 e. The van der Waals surface area contributed by atoms with E-state index in [-0.39, 0.29) is 24.5 Å². The van der Waals surface area contributed by atoms with Crippen molar-refractivity contribution < 1.29 is 33.7 Å². The molecule has 1 N–H and O–H groups in total. The molecule has 0 radical (unpaired) electrons. The van der Waals surface area contributed by atoms with Crippen molar-refractivity contribution in [1.29, 1.82) is 0 Å². The van der Waals surface area contributed by atoms with E-state index in [4.69, 9.17) is 14.2 Å². The van der Waals surface area contributed by atoms with E-state index in [0.29, 0.717) is 27.1 Å². The van der Waals surface area contributed by atoms with E-state index in [1.807, 2.05) is 0 Å². The van der Waals surface area contributed by atoms with Crippen LogP contribution in [-0.2, 0) is 19.1 Å². The van der Waals surface area contributed by atoms with Crippen LogP contribution >= 0.6 is 15.9 Å². The molecule has 0 bridgehead atoms. The van der Waals surface area contributed by atoms with E-state index in [9.17, 15) is 19.5 Å². The molecule has 0 aromatic heterocycles. The lowest BCUT2D eigenvalue weighted by Gasteiger charge is -2.25. The average molecular weight is 504 g/mol. The van der Waals surface area contributed by atoms with Crippen LogP contribution in [0.5, 0.6) is 11.5 Å². The first-order chi connectivity index (χ1) is 15.3. The van der Waals surface area contributed by atoms with Crippen LogP contribution in [0.15, 0.2) is 52.5 Å². The molecular formula is C23H22BrNO7. The summed E-state index contributed by atoms with van der Waals surface area (Å²) >= 11 is 3.37. The number of halogens is 1. The van der Waals surface area contributed by atoms with Crippen LogP contribution in [0.3, 0.4) is 0 Å². The Morgan fingerprint density at radius 2 is 1.81 bits per heavy atom. The molecule has 2 aromatic carbocycles. The van der Waals surface area contributed by atoms with Crippen molar-refractivity contribution in [2.45, 2.75) is 13.0 Å². The van der Waals surface area contributed by atoms with E-state index in [0.717, 1.165) is 0 Å². The summed E-state index contributed by atoms with van der Waals surface area (Å²) in [6.07, 6.45) is 0. The third-order valence-electron chi connectivity index (χ3n) is 4.96. The second kappa shape index (κ2) is 9.97. The molecule has 3 rings (SSSR count). The van der Waals surface area contributed by atoms with Crippen molar-refractivity contribution in [2.75, 3.05) is 27.4 Å². The maximum Gasteiger partial charge on any atom is 0.308 e. The molecule has 32 heavy (non-hydrogen) atoms. The molecule has 168 valence electrons. The number of rotatable bonds is 7. The number of nitrogens with zero attached hydrogens (tertiary/aromatic N) is 1. The highest BCUT2D eigenvalue weighted by molar-refractivity contribution is 9.10. The molecule has 1 aliphatic rings. The molecule has 1 atom stereocenters. The number of aliphatic hydroxyl groups is 1. The minimum Gasteiger partial charge on any atom is -0.507 e. The Labute approximate surface area is 193 Å². The summed E-state index contributed by atoms with van der Waals surface area (Å²) in [5, 5.41) is 11.1. The minimum absolute atomic E-state index is 0.0385. The molecule has 8 nitrogen and oxygen atoms in total. The molecule has 9 heteroatoms. The van der Waals surface area contributed by atoms with Crippen molar-refractivity contribution >= 4 is 39.3 Å². The Balaban J connectivity index is 2.12. The van der Waals surface area contributed by atoms with Gasteiger partial charge in [0.2, 0.25) is 0 Å². The van der Waals surface area contributed by atoms with Gasteiger partial charge in [0.25, 0.3) is 11.7 Å². The number of carbonyl (C=O) groups is 3. The predicted molar refractivity (Wildman–Crippen MR) is 119 cm³/mol. The normalized spacial score (nSPS) is 17.5. The Hall–Kier alpha value is -3.17. The van der Waals surface area contributed by atoms with E-state index in [2.05, 4.69) is 15.9 Å². The zero-order valence-corrected chi connectivity index (χ0v) is 19.3. The van der Waals surface area contributed by atoms with E-state index in [1.165, 1.54) is 26.0 Å². The number of benzene rings is 2. The van der Waals surface area contributed by atoms with Crippen LogP contribution in [0.4, 0.5) is 0 Å². The van der Waals surface area contributed by atoms with E-state index < -0.39 is 23.7 Å². The van der Waals surface area contributed by atoms with Crippen molar-refractivity contribution in [3.8, 4) is 11.5 Å². The number of methoxy groups -OCH3 is 2. The highest BCUT2D eigenvalue weighted by Crippen LogP contribution is 2.40. The molecule has 1 amide bonds. The third-order valence-corrected chi connectivity index (χ3v) is 5.58. The molecule has 1 saturated heterocycles. The number of ether oxygens (including phenoxy) is 3. The number of esters is 1. The molecule has 1 aliphatic heterocycles. The van der Waals surface area contributed by atoms with Gasteiger partial charge < -0.3 is 24.2 Å². The molecule has 1 heterocycles. The Bertz CT molecular complexity index is 1080. The molecule has 0 aliphatic carbocycles. The fourth-order valence-electron chi connectivity index (χ4n) is 3.50. The summed E-state index contributed by atoms with van der Waals surface area (Å²) in [7, 11) is 3.01. The third kappa shape index (κ3) is 4.68. The minimum atomic E-state index is -0.836. The Morgan fingerprint density at radius 1 is 1.12 bits per heavy atom. The molecule has 0 saturated carbocycles. The second-order valence-corrected chi connectivity index (χ2v) is 7.85. The molecule has 1 fully saturated rings. The first-order valence-electron chi connectivity index (χ1n) is 9.68. The first-order valence-corrected chi connectivity index (χ1v) is 10.5. The Kier molecular flexibility index (Phi) is 7.32. The van der Waals surface area contributed by atoms with Crippen LogP contribution in [0.25, 0.3) is 5.76 Å². The quantitative estimate of drug-likeness (QED) is 0.203. The number of hydrogen-bond acceptors (Lipinski definition) is 7. The lowest BCUT2D eigenvalue weighted by Crippen LogP contribution is -2.32. The summed E-state index contributed by atoms with van der Waals surface area (Å²) in [5.74, 6) is -1.41. The van der Waals surface area contributed by atoms with Crippen molar-refractivity contribution in [3.05, 3.63) is 63.6 Å². The van der Waals surface area contributed by atoms with Gasteiger partial charge in [0, 0.05) is 26.1 Å². The number of hydrogen-bond donors (Lipinski definition) is 1. The average Bonchev–Trinajstić information content (AvgIpc) is 3.02. The van der Waals surface area contributed by atoms with Crippen LogP contribution in [0.1, 0.15) is 24.1 Å². The van der Waals surface area contributed by atoms with Crippen LogP contribution in [0.2, 0.25) is 0 Å². The summed E-state index contributed by atoms with van der Waals surface area (Å²) < 4.78 is 15.9. The molecular weight excluding hydrogens is 482 g/mol. The number of likely N-dealkylation sites (tertiary alicyclic amines) is 1. The predicted octanol–water partition coefficient (Wildman–Crippen LogP) is 3.45. The van der Waals surface area contributed by atoms with Gasteiger partial charge in [0.05, 0.1) is 29.8 Å². The maximum atomic E-state index is 12.9. The van der Waals surface area contributed by atoms with Crippen molar-refractivity contribution in [3.63, 3.8) is 0 Å². The standard InChI is InChI=1S/C23H22BrNO7/c1-13(26)32-16-7-4-14(5-8-16)20-19(22(28)23(29)25(20)10-11-30-2)21(27)15-6-9-18(31-3)17(24)12-15/h4-9,12,20,27H,10-11H2,1-3H3/b21-19-. The van der Waals surface area contributed by atoms with E-state index >= 15 is 0 Å². The number of amides is 1. The van der Waals surface area contributed by atoms with Crippen LogP contribution in [0, 0.1) is 0 Å². The number of carbonyl (C=O) groups excluding carboxylic acids is 3. The summed E-state index contributed by atoms with van der Waals surface area (Å²) in [5.41, 5.74) is 0.887. The highest BCUT2D eigenvalue weighted by Gasteiger charge is 2.45. The lowest BCUT2D eigenvalue weighted by atomic mass is 9.95.